The van der Waals surface area contributed by atoms with Crippen molar-refractivity contribution in [2.75, 3.05) is 7.11 Å². The van der Waals surface area contributed by atoms with Crippen molar-refractivity contribution in [2.24, 2.45) is 0 Å². The molecule has 0 bridgehead atoms. The number of pyridine rings is 1. The van der Waals surface area contributed by atoms with Crippen LogP contribution in [0.15, 0.2) is 54.2 Å². The van der Waals surface area contributed by atoms with Crippen molar-refractivity contribution >= 4 is 22.7 Å². The molecule has 2 nitrogen and oxygen atoms in total. The molecular weight excluding hydrogens is 262 g/mol. The van der Waals surface area contributed by atoms with Gasteiger partial charge in [-0.05, 0) is 17.5 Å². The first-order valence-electron chi connectivity index (χ1n) is 5.56. The smallest absolute Gasteiger partial charge is 0.267 e. The molecule has 0 fully saturated rings. The second-order valence-electron chi connectivity index (χ2n) is 3.76. The Morgan fingerprint density at radius 2 is 1.83 bits per heavy atom. The van der Waals surface area contributed by atoms with E-state index in [0.29, 0.717) is 0 Å². The molecule has 3 rings (SSSR count). The first-order valence-corrected chi connectivity index (χ1v) is 7.26. The molecule has 0 aliphatic rings. The molecule has 0 unspecified atom stereocenters. The number of nitrogens with zero attached hydrogens (tertiary/aromatic N) is 1. The standard InChI is InChI=1S/C14H12NOS2/c1-16-11-6-8-15(9-7-11)14-5-4-13(18-14)12-3-2-10-17-12/h2-10H,1H3/q+1. The lowest BCUT2D eigenvalue weighted by Gasteiger charge is -1.96. The number of hydrogen-bond acceptors (Lipinski definition) is 3. The number of methoxy groups -OCH3 is 1. The van der Waals surface area contributed by atoms with Crippen molar-refractivity contribution in [1.29, 1.82) is 0 Å². The summed E-state index contributed by atoms with van der Waals surface area (Å²) in [5.41, 5.74) is 0. The Kier molecular flexibility index (Phi) is 3.13. The molecule has 3 aromatic heterocycles. The number of thiophene rings is 2. The van der Waals surface area contributed by atoms with Crippen molar-refractivity contribution in [1.82, 2.24) is 0 Å². The molecule has 0 aliphatic carbocycles. The van der Waals surface area contributed by atoms with Crippen molar-refractivity contribution < 1.29 is 9.30 Å². The molecule has 0 N–H and O–H groups in total. The lowest BCUT2D eigenvalue weighted by atomic mass is 10.4. The third kappa shape index (κ3) is 2.17. The van der Waals surface area contributed by atoms with E-state index < -0.39 is 0 Å². The minimum absolute atomic E-state index is 0.876. The average molecular weight is 274 g/mol. The second kappa shape index (κ2) is 4.92. The fourth-order valence-electron chi connectivity index (χ4n) is 1.71. The van der Waals surface area contributed by atoms with Gasteiger partial charge in [-0.1, -0.05) is 17.4 Å². The van der Waals surface area contributed by atoms with E-state index in [4.69, 9.17) is 4.74 Å². The summed E-state index contributed by atoms with van der Waals surface area (Å²) in [4.78, 5) is 2.63. The van der Waals surface area contributed by atoms with E-state index in [1.54, 1.807) is 29.8 Å². The minimum Gasteiger partial charge on any atom is -0.496 e. The van der Waals surface area contributed by atoms with E-state index in [2.05, 4.69) is 34.2 Å². The third-order valence-corrected chi connectivity index (χ3v) is 4.81. The molecule has 3 aromatic rings. The van der Waals surface area contributed by atoms with Gasteiger partial charge in [-0.25, -0.2) is 0 Å². The summed E-state index contributed by atoms with van der Waals surface area (Å²) in [6.45, 7) is 0. The summed E-state index contributed by atoms with van der Waals surface area (Å²) >= 11 is 3.56. The van der Waals surface area contributed by atoms with E-state index in [9.17, 15) is 0 Å². The van der Waals surface area contributed by atoms with E-state index >= 15 is 0 Å². The van der Waals surface area contributed by atoms with Gasteiger partial charge in [0.25, 0.3) is 5.00 Å². The molecule has 0 atom stereocenters. The normalized spacial score (nSPS) is 10.5. The van der Waals surface area contributed by atoms with Gasteiger partial charge in [-0.15, -0.1) is 11.3 Å². The van der Waals surface area contributed by atoms with Crippen LogP contribution in [0.25, 0.3) is 14.8 Å². The Labute approximate surface area is 114 Å². The van der Waals surface area contributed by atoms with Crippen LogP contribution in [0.2, 0.25) is 0 Å². The van der Waals surface area contributed by atoms with Crippen molar-refractivity contribution in [3.05, 3.63) is 54.2 Å². The van der Waals surface area contributed by atoms with Crippen molar-refractivity contribution in [3.63, 3.8) is 0 Å². The number of aromatic nitrogens is 1. The molecule has 3 heterocycles. The summed E-state index contributed by atoms with van der Waals surface area (Å²) in [5.74, 6) is 0.876. The molecule has 90 valence electrons. The molecule has 0 aliphatic heterocycles. The van der Waals surface area contributed by atoms with Crippen LogP contribution in [0.4, 0.5) is 0 Å². The molecule has 0 aromatic carbocycles. The first-order chi connectivity index (χ1) is 8.86. The maximum absolute atomic E-state index is 5.16. The monoisotopic (exact) mass is 274 g/mol. The summed E-state index contributed by atoms with van der Waals surface area (Å²) in [5, 5.41) is 3.32. The highest BCUT2D eigenvalue weighted by Crippen LogP contribution is 2.31. The SMILES string of the molecule is COc1cc[n+](-c2ccc(-c3cccs3)s2)cc1. The zero-order valence-electron chi connectivity index (χ0n) is 9.87. The molecule has 18 heavy (non-hydrogen) atoms. The van der Waals surface area contributed by atoms with Gasteiger partial charge >= 0.3 is 0 Å². The molecule has 0 saturated carbocycles. The minimum atomic E-state index is 0.876. The Morgan fingerprint density at radius 3 is 2.50 bits per heavy atom. The summed E-state index contributed by atoms with van der Waals surface area (Å²) in [6, 6.07) is 12.5. The maximum Gasteiger partial charge on any atom is 0.267 e. The van der Waals surface area contributed by atoms with Gasteiger partial charge < -0.3 is 4.74 Å². The average Bonchev–Trinajstić information content (AvgIpc) is 3.09. The lowest BCUT2D eigenvalue weighted by Crippen LogP contribution is -2.27. The molecule has 4 heteroatoms. The van der Waals surface area contributed by atoms with E-state index in [-0.39, 0.29) is 0 Å². The van der Waals surface area contributed by atoms with Crippen molar-refractivity contribution in [2.45, 2.75) is 0 Å². The summed E-state index contributed by atoms with van der Waals surface area (Å²) < 4.78 is 7.26. The van der Waals surface area contributed by atoms with Gasteiger partial charge in [-0.3, -0.25) is 0 Å². The van der Waals surface area contributed by atoms with Crippen molar-refractivity contribution in [3.8, 4) is 20.5 Å². The van der Waals surface area contributed by atoms with Crippen LogP contribution in [0, 0.1) is 0 Å². The van der Waals surface area contributed by atoms with Gasteiger partial charge in [0, 0.05) is 23.1 Å². The third-order valence-electron chi connectivity index (χ3n) is 2.64. The van der Waals surface area contributed by atoms with Crippen LogP contribution in [0.1, 0.15) is 0 Å². The fraction of sp³-hybridized carbons (Fsp3) is 0.0714. The molecular formula is C14H12NOS2+. The van der Waals surface area contributed by atoms with Crippen LogP contribution < -0.4 is 9.30 Å². The van der Waals surface area contributed by atoms with E-state index in [0.717, 1.165) is 5.75 Å². The molecule has 0 spiro atoms. The molecule has 0 radical (unpaired) electrons. The predicted octanol–water partition coefficient (Wildman–Crippen LogP) is 3.76. The Balaban J connectivity index is 1.92. The summed E-state index contributed by atoms with van der Waals surface area (Å²) in [7, 11) is 1.68. The highest BCUT2D eigenvalue weighted by Gasteiger charge is 2.11. The van der Waals surface area contributed by atoms with Gasteiger partial charge in [0.2, 0.25) is 0 Å². The highest BCUT2D eigenvalue weighted by molar-refractivity contribution is 7.22. The van der Waals surface area contributed by atoms with Gasteiger partial charge in [0.15, 0.2) is 12.4 Å². The van der Waals surface area contributed by atoms with E-state index in [1.807, 2.05) is 24.5 Å². The second-order valence-corrected chi connectivity index (χ2v) is 5.77. The number of ether oxygens (including phenoxy) is 1. The number of hydrogen-bond donors (Lipinski definition) is 0. The van der Waals surface area contributed by atoms with Crippen LogP contribution >= 0.6 is 22.7 Å². The largest absolute Gasteiger partial charge is 0.496 e. The zero-order chi connectivity index (χ0) is 12.4. The van der Waals surface area contributed by atoms with Gasteiger partial charge in [-0.2, -0.15) is 4.57 Å². The van der Waals surface area contributed by atoms with Gasteiger partial charge in [0.1, 0.15) is 5.75 Å². The Bertz CT molecular complexity index is 626. The van der Waals surface area contributed by atoms with E-state index in [1.165, 1.54) is 14.8 Å². The van der Waals surface area contributed by atoms with Crippen LogP contribution in [0.3, 0.4) is 0 Å². The Morgan fingerprint density at radius 1 is 1.00 bits per heavy atom. The van der Waals surface area contributed by atoms with Crippen LogP contribution in [-0.2, 0) is 0 Å². The lowest BCUT2D eigenvalue weighted by molar-refractivity contribution is -0.591. The van der Waals surface area contributed by atoms with Crippen LogP contribution in [-0.4, -0.2) is 7.11 Å². The molecule has 0 saturated heterocycles. The Hall–Kier alpha value is -1.65. The maximum atomic E-state index is 5.16. The summed E-state index contributed by atoms with van der Waals surface area (Å²) in [6.07, 6.45) is 4.03. The zero-order valence-corrected chi connectivity index (χ0v) is 11.5. The quantitative estimate of drug-likeness (QED) is 0.663. The molecule has 0 amide bonds. The predicted molar refractivity (Wildman–Crippen MR) is 75.7 cm³/mol. The number of rotatable bonds is 3. The first kappa shape index (κ1) is 11.4. The highest BCUT2D eigenvalue weighted by atomic mass is 32.1. The topological polar surface area (TPSA) is 13.1 Å². The van der Waals surface area contributed by atoms with Gasteiger partial charge in [0.05, 0.1) is 12.0 Å². The fourth-order valence-corrected chi connectivity index (χ4v) is 3.52. The van der Waals surface area contributed by atoms with Crippen LogP contribution in [0.5, 0.6) is 5.75 Å².